The van der Waals surface area contributed by atoms with Gasteiger partial charge in [-0.2, -0.15) is 18.2 Å². The fourth-order valence-corrected chi connectivity index (χ4v) is 3.34. The first-order valence-corrected chi connectivity index (χ1v) is 9.12. The molecule has 7 nitrogen and oxygen atoms in total. The summed E-state index contributed by atoms with van der Waals surface area (Å²) in [7, 11) is 0. The maximum Gasteiger partial charge on any atom is 0.416 e. The third kappa shape index (κ3) is 3.52. The van der Waals surface area contributed by atoms with E-state index in [1.165, 1.54) is 18.3 Å². The van der Waals surface area contributed by atoms with Gasteiger partial charge in [0.1, 0.15) is 0 Å². The van der Waals surface area contributed by atoms with Crippen LogP contribution in [0.15, 0.2) is 59.5 Å². The highest BCUT2D eigenvalue weighted by Gasteiger charge is 2.30. The molecule has 0 saturated carbocycles. The average Bonchev–Trinajstić information content (AvgIpc) is 3.21. The van der Waals surface area contributed by atoms with Gasteiger partial charge in [0, 0.05) is 11.9 Å². The number of fused-ring (bicyclic) bond motifs is 2. The van der Waals surface area contributed by atoms with Crippen molar-refractivity contribution in [2.75, 3.05) is 12.1 Å². The fourth-order valence-electron chi connectivity index (χ4n) is 3.34. The number of hydrogen-bond donors (Lipinski definition) is 2. The molecular formula is C21H13F3N4O3. The molecule has 2 N–H and O–H groups in total. The number of rotatable bonds is 3. The number of pyridine rings is 1. The van der Waals surface area contributed by atoms with Crippen LogP contribution in [0.4, 0.5) is 24.8 Å². The molecule has 0 amide bonds. The molecule has 5 rings (SSSR count). The van der Waals surface area contributed by atoms with Gasteiger partial charge in [0.05, 0.1) is 10.9 Å². The zero-order valence-electron chi connectivity index (χ0n) is 15.7. The Balaban J connectivity index is 1.55. The molecule has 4 aromatic rings. The number of hydrogen-bond acceptors (Lipinski definition) is 6. The van der Waals surface area contributed by atoms with Crippen molar-refractivity contribution in [3.8, 4) is 22.6 Å². The Kier molecular flexibility index (Phi) is 4.28. The van der Waals surface area contributed by atoms with E-state index in [0.29, 0.717) is 22.6 Å². The van der Waals surface area contributed by atoms with E-state index in [1.807, 2.05) is 0 Å². The lowest BCUT2D eigenvalue weighted by molar-refractivity contribution is -0.137. The molecule has 0 aliphatic carbocycles. The van der Waals surface area contributed by atoms with Gasteiger partial charge < -0.3 is 14.8 Å². The van der Waals surface area contributed by atoms with E-state index in [4.69, 9.17) is 9.47 Å². The van der Waals surface area contributed by atoms with Crippen LogP contribution in [-0.2, 0) is 6.18 Å². The molecule has 1 aliphatic heterocycles. The maximum absolute atomic E-state index is 12.9. The lowest BCUT2D eigenvalue weighted by Crippen LogP contribution is -2.13. The minimum Gasteiger partial charge on any atom is -0.454 e. The molecule has 10 heteroatoms. The highest BCUT2D eigenvalue weighted by atomic mass is 19.4. The lowest BCUT2D eigenvalue weighted by Gasteiger charge is -2.11. The van der Waals surface area contributed by atoms with Gasteiger partial charge in [-0.05, 0) is 47.5 Å². The molecule has 3 heterocycles. The van der Waals surface area contributed by atoms with Crippen molar-refractivity contribution in [1.29, 1.82) is 0 Å². The largest absolute Gasteiger partial charge is 0.454 e. The van der Waals surface area contributed by atoms with E-state index in [0.717, 1.165) is 12.1 Å². The van der Waals surface area contributed by atoms with Crippen LogP contribution in [0, 0.1) is 0 Å². The molecule has 0 fully saturated rings. The van der Waals surface area contributed by atoms with E-state index in [9.17, 15) is 18.0 Å². The van der Waals surface area contributed by atoms with Crippen molar-refractivity contribution in [1.82, 2.24) is 15.0 Å². The zero-order valence-corrected chi connectivity index (χ0v) is 15.7. The van der Waals surface area contributed by atoms with Crippen LogP contribution in [0.3, 0.4) is 0 Å². The number of anilines is 2. The highest BCUT2D eigenvalue weighted by molar-refractivity contribution is 5.92. The molecule has 0 spiro atoms. The van der Waals surface area contributed by atoms with Crippen LogP contribution in [0.25, 0.3) is 22.2 Å². The second kappa shape index (κ2) is 7.01. The van der Waals surface area contributed by atoms with Crippen molar-refractivity contribution in [2.45, 2.75) is 6.18 Å². The number of benzene rings is 2. The minimum atomic E-state index is -4.48. The van der Waals surface area contributed by atoms with E-state index in [2.05, 4.69) is 20.3 Å². The molecule has 0 unspecified atom stereocenters. The van der Waals surface area contributed by atoms with Crippen LogP contribution >= 0.6 is 0 Å². The summed E-state index contributed by atoms with van der Waals surface area (Å²) in [4.78, 5) is 23.8. The van der Waals surface area contributed by atoms with Crippen molar-refractivity contribution in [3.05, 3.63) is 70.6 Å². The van der Waals surface area contributed by atoms with Crippen LogP contribution in [0.5, 0.6) is 11.5 Å². The first-order chi connectivity index (χ1) is 14.9. The van der Waals surface area contributed by atoms with Crippen molar-refractivity contribution in [3.63, 3.8) is 0 Å². The smallest absolute Gasteiger partial charge is 0.416 e. The molecule has 0 bridgehead atoms. The maximum atomic E-state index is 12.9. The number of alkyl halides is 3. The van der Waals surface area contributed by atoms with Crippen molar-refractivity contribution in [2.24, 2.45) is 0 Å². The summed E-state index contributed by atoms with van der Waals surface area (Å²) in [6.07, 6.45) is -2.98. The molecule has 0 saturated heterocycles. The number of halogens is 3. The topological polar surface area (TPSA) is 89.1 Å². The molecular weight excluding hydrogens is 413 g/mol. The van der Waals surface area contributed by atoms with E-state index >= 15 is 0 Å². The summed E-state index contributed by atoms with van der Waals surface area (Å²) in [6, 6.07) is 11.6. The van der Waals surface area contributed by atoms with Crippen LogP contribution < -0.4 is 20.3 Å². The number of nitrogens with zero attached hydrogens (tertiary/aromatic N) is 2. The van der Waals surface area contributed by atoms with Crippen molar-refractivity contribution >= 4 is 22.7 Å². The van der Waals surface area contributed by atoms with Crippen LogP contribution in [0.1, 0.15) is 5.56 Å². The van der Waals surface area contributed by atoms with Gasteiger partial charge in [-0.25, -0.2) is 4.98 Å². The Bertz CT molecular complexity index is 1370. The van der Waals surface area contributed by atoms with E-state index in [-0.39, 0.29) is 29.5 Å². The predicted molar refractivity (Wildman–Crippen MR) is 106 cm³/mol. The predicted octanol–water partition coefficient (Wildman–Crippen LogP) is 4.48. The SMILES string of the molecule is O=c1[nH]c(Nc2cccc(C(F)(F)F)c2)nc2nccc(-c3ccc4c(c3)OCO4)c12. The van der Waals surface area contributed by atoms with Gasteiger partial charge >= 0.3 is 6.18 Å². The van der Waals surface area contributed by atoms with Gasteiger partial charge in [-0.3, -0.25) is 9.78 Å². The molecule has 0 atom stereocenters. The third-order valence-electron chi connectivity index (χ3n) is 4.74. The lowest BCUT2D eigenvalue weighted by atomic mass is 10.0. The average molecular weight is 426 g/mol. The van der Waals surface area contributed by atoms with Gasteiger partial charge in [0.2, 0.25) is 12.7 Å². The zero-order chi connectivity index (χ0) is 21.6. The Morgan fingerprint density at radius 1 is 1.03 bits per heavy atom. The molecule has 1 aliphatic rings. The third-order valence-corrected chi connectivity index (χ3v) is 4.74. The highest BCUT2D eigenvalue weighted by Crippen LogP contribution is 2.37. The van der Waals surface area contributed by atoms with Crippen LogP contribution in [-0.4, -0.2) is 21.7 Å². The Labute approximate surface area is 172 Å². The summed E-state index contributed by atoms with van der Waals surface area (Å²) in [6.45, 7) is 0.128. The van der Waals surface area contributed by atoms with Gasteiger partial charge in [0.15, 0.2) is 17.1 Å². The Morgan fingerprint density at radius 3 is 2.71 bits per heavy atom. The van der Waals surface area contributed by atoms with E-state index in [1.54, 1.807) is 24.3 Å². The number of H-pyrrole nitrogens is 1. The molecule has 2 aromatic carbocycles. The molecule has 156 valence electrons. The molecule has 31 heavy (non-hydrogen) atoms. The summed E-state index contributed by atoms with van der Waals surface area (Å²) in [5.74, 6) is 1.16. The van der Waals surface area contributed by atoms with Gasteiger partial charge in [0.25, 0.3) is 5.56 Å². The van der Waals surface area contributed by atoms with Gasteiger partial charge in [-0.15, -0.1) is 0 Å². The fraction of sp³-hybridized carbons (Fsp3) is 0.0952. The summed E-state index contributed by atoms with van der Waals surface area (Å²) in [5, 5.41) is 2.95. The summed E-state index contributed by atoms with van der Waals surface area (Å²) < 4.78 is 49.5. The number of nitrogens with one attached hydrogen (secondary N) is 2. The van der Waals surface area contributed by atoms with Crippen LogP contribution in [0.2, 0.25) is 0 Å². The summed E-state index contributed by atoms with van der Waals surface area (Å²) in [5.41, 5.74) is 0.270. The normalized spacial score (nSPS) is 12.9. The monoisotopic (exact) mass is 426 g/mol. The molecule has 0 radical (unpaired) electrons. The number of aromatic amines is 1. The molecule has 2 aromatic heterocycles. The van der Waals surface area contributed by atoms with Gasteiger partial charge in [-0.1, -0.05) is 12.1 Å². The van der Waals surface area contributed by atoms with Crippen molar-refractivity contribution < 1.29 is 22.6 Å². The Hall–Kier alpha value is -4.08. The minimum absolute atomic E-state index is 0.0211. The Morgan fingerprint density at radius 2 is 1.87 bits per heavy atom. The first kappa shape index (κ1) is 18.9. The standard InChI is InChI=1S/C21H13F3N4O3/c22-21(23,24)12-2-1-3-13(9-12)26-20-27-18-17(19(29)28-20)14(6-7-25-18)11-4-5-15-16(8-11)31-10-30-15/h1-9H,10H2,(H2,25,26,27,28,29). The number of ether oxygens (including phenoxy) is 2. The first-order valence-electron chi connectivity index (χ1n) is 9.12. The quantitative estimate of drug-likeness (QED) is 0.502. The van der Waals surface area contributed by atoms with E-state index < -0.39 is 17.3 Å². The second-order valence-corrected chi connectivity index (χ2v) is 6.74. The summed E-state index contributed by atoms with van der Waals surface area (Å²) >= 11 is 0. The second-order valence-electron chi connectivity index (χ2n) is 6.74. The number of aromatic nitrogens is 3.